The van der Waals surface area contributed by atoms with Crippen molar-refractivity contribution in [2.45, 2.75) is 25.5 Å². The van der Waals surface area contributed by atoms with Crippen molar-refractivity contribution in [2.75, 3.05) is 5.75 Å². The van der Waals surface area contributed by atoms with Crippen molar-refractivity contribution in [3.63, 3.8) is 0 Å². The van der Waals surface area contributed by atoms with Crippen LogP contribution in [0.4, 0.5) is 0 Å². The molecule has 2 aromatic heterocycles. The van der Waals surface area contributed by atoms with Crippen LogP contribution in [0, 0.1) is 6.92 Å². The van der Waals surface area contributed by atoms with Crippen LogP contribution in [0.2, 0.25) is 0 Å². The Morgan fingerprint density at radius 3 is 2.50 bits per heavy atom. The van der Waals surface area contributed by atoms with E-state index in [1.165, 1.54) is 11.6 Å². The Bertz CT molecular complexity index is 1030. The lowest BCUT2D eigenvalue weighted by Gasteiger charge is -2.11. The number of aryl methyl sites for hydroxylation is 2. The van der Waals surface area contributed by atoms with Crippen LogP contribution in [0.3, 0.4) is 0 Å². The van der Waals surface area contributed by atoms with Gasteiger partial charge in [-0.15, -0.1) is 0 Å². The molecule has 0 saturated heterocycles. The molecular weight excluding hydrogens is 324 g/mol. The molecule has 0 aliphatic rings. The van der Waals surface area contributed by atoms with Crippen LogP contribution in [-0.4, -0.2) is 24.4 Å². The summed E-state index contributed by atoms with van der Waals surface area (Å²) in [7, 11) is 3.15. The monoisotopic (exact) mass is 344 g/mol. The maximum Gasteiger partial charge on any atom is 0.332 e. The van der Waals surface area contributed by atoms with Gasteiger partial charge in [0, 0.05) is 14.1 Å². The van der Waals surface area contributed by atoms with Crippen molar-refractivity contribution < 1.29 is 0 Å². The van der Waals surface area contributed by atoms with Crippen molar-refractivity contribution in [3.05, 3.63) is 56.2 Å². The molecule has 0 spiro atoms. The summed E-state index contributed by atoms with van der Waals surface area (Å²) in [6.07, 6.45) is 0. The van der Waals surface area contributed by atoms with Crippen molar-refractivity contribution in [1.82, 2.24) is 18.7 Å². The molecule has 0 atom stereocenters. The Balaban J connectivity index is 2.33. The first-order valence-corrected chi connectivity index (χ1v) is 8.77. The van der Waals surface area contributed by atoms with Crippen molar-refractivity contribution in [2.24, 2.45) is 14.1 Å². The summed E-state index contributed by atoms with van der Waals surface area (Å²) in [5.41, 5.74) is 2.53. The Labute approximate surface area is 143 Å². The van der Waals surface area contributed by atoms with E-state index >= 15 is 0 Å². The number of thioether (sulfide) groups is 1. The van der Waals surface area contributed by atoms with Crippen LogP contribution in [0.5, 0.6) is 0 Å². The third-order valence-corrected chi connectivity index (χ3v) is 5.03. The minimum Gasteiger partial charge on any atom is -0.309 e. The van der Waals surface area contributed by atoms with E-state index in [1.54, 1.807) is 18.8 Å². The maximum absolute atomic E-state index is 12.7. The van der Waals surface area contributed by atoms with Gasteiger partial charge in [-0.05, 0) is 23.8 Å². The molecule has 0 amide bonds. The minimum absolute atomic E-state index is 0.308. The molecule has 0 saturated carbocycles. The van der Waals surface area contributed by atoms with Gasteiger partial charge in [0.25, 0.3) is 5.56 Å². The first-order chi connectivity index (χ1) is 11.5. The summed E-state index contributed by atoms with van der Waals surface area (Å²) in [5, 5.41) is 0.758. The second kappa shape index (κ2) is 6.32. The summed E-state index contributed by atoms with van der Waals surface area (Å²) in [6, 6.07) is 8.08. The van der Waals surface area contributed by atoms with Crippen molar-refractivity contribution in [1.29, 1.82) is 0 Å². The Kier molecular flexibility index (Phi) is 4.36. The van der Waals surface area contributed by atoms with Gasteiger partial charge in [0.2, 0.25) is 0 Å². The van der Waals surface area contributed by atoms with Crippen LogP contribution in [0.25, 0.3) is 11.2 Å². The van der Waals surface area contributed by atoms with E-state index in [0.29, 0.717) is 17.7 Å². The molecule has 24 heavy (non-hydrogen) atoms. The lowest BCUT2D eigenvalue weighted by Crippen LogP contribution is -2.37. The molecule has 0 aliphatic carbocycles. The zero-order valence-electron chi connectivity index (χ0n) is 14.2. The highest BCUT2D eigenvalue weighted by atomic mass is 32.2. The fourth-order valence-electron chi connectivity index (χ4n) is 2.77. The normalized spacial score (nSPS) is 11.3. The number of fused-ring (bicyclic) bond motifs is 1. The van der Waals surface area contributed by atoms with Crippen LogP contribution in [0.15, 0.2) is 39.0 Å². The minimum atomic E-state index is -0.360. The third kappa shape index (κ3) is 2.58. The topological polar surface area (TPSA) is 61.8 Å². The second-order valence-electron chi connectivity index (χ2n) is 5.72. The number of rotatable bonds is 4. The van der Waals surface area contributed by atoms with Gasteiger partial charge in [-0.3, -0.25) is 13.9 Å². The van der Waals surface area contributed by atoms with Crippen LogP contribution in [-0.2, 0) is 20.6 Å². The van der Waals surface area contributed by atoms with E-state index in [9.17, 15) is 9.59 Å². The molecule has 0 fully saturated rings. The molecule has 0 radical (unpaired) electrons. The molecular formula is C17H20N4O2S. The maximum atomic E-state index is 12.7. The summed E-state index contributed by atoms with van der Waals surface area (Å²) in [5.74, 6) is 0.839. The Morgan fingerprint density at radius 1 is 1.12 bits per heavy atom. The first kappa shape index (κ1) is 16.6. The molecule has 7 heteroatoms. The average molecular weight is 344 g/mol. The highest BCUT2D eigenvalue weighted by Crippen LogP contribution is 2.23. The van der Waals surface area contributed by atoms with Gasteiger partial charge in [-0.2, -0.15) is 0 Å². The number of hydrogen-bond acceptors (Lipinski definition) is 4. The summed E-state index contributed by atoms with van der Waals surface area (Å²) >= 11 is 1.57. The SMILES string of the molecule is CCSc1nc2c(c(=O)n(C)c(=O)n2C)n1Cc1ccccc1C. The molecule has 2 heterocycles. The van der Waals surface area contributed by atoms with Gasteiger partial charge in [0.1, 0.15) is 0 Å². The largest absolute Gasteiger partial charge is 0.332 e. The second-order valence-corrected chi connectivity index (χ2v) is 6.95. The Hall–Kier alpha value is -2.28. The average Bonchev–Trinajstić information content (AvgIpc) is 2.92. The number of aromatic nitrogens is 4. The fourth-order valence-corrected chi connectivity index (χ4v) is 3.49. The smallest absolute Gasteiger partial charge is 0.309 e. The predicted molar refractivity (Wildman–Crippen MR) is 96.9 cm³/mol. The van der Waals surface area contributed by atoms with Gasteiger partial charge < -0.3 is 4.57 Å². The highest BCUT2D eigenvalue weighted by Gasteiger charge is 2.19. The van der Waals surface area contributed by atoms with E-state index in [2.05, 4.69) is 18.0 Å². The summed E-state index contributed by atoms with van der Waals surface area (Å²) in [4.78, 5) is 29.4. The molecule has 0 N–H and O–H groups in total. The zero-order valence-corrected chi connectivity index (χ0v) is 15.1. The molecule has 0 bridgehead atoms. The molecule has 3 rings (SSSR count). The van der Waals surface area contributed by atoms with Gasteiger partial charge in [-0.1, -0.05) is 43.0 Å². The molecule has 126 valence electrons. The standard InChI is InChI=1S/C17H20N4O2S/c1-5-24-16-18-14-13(15(22)20(4)17(23)19(14)3)21(16)10-12-9-7-6-8-11(12)2/h6-9H,5,10H2,1-4H3. The first-order valence-electron chi connectivity index (χ1n) is 7.79. The van der Waals surface area contributed by atoms with E-state index in [1.807, 2.05) is 29.7 Å². The third-order valence-electron chi connectivity index (χ3n) is 4.18. The molecule has 0 aliphatic heterocycles. The van der Waals surface area contributed by atoms with Gasteiger partial charge in [0.05, 0.1) is 6.54 Å². The molecule has 0 unspecified atom stereocenters. The Morgan fingerprint density at radius 2 is 1.83 bits per heavy atom. The molecule has 6 nitrogen and oxygen atoms in total. The van der Waals surface area contributed by atoms with Crippen LogP contribution >= 0.6 is 11.8 Å². The van der Waals surface area contributed by atoms with Crippen LogP contribution < -0.4 is 11.2 Å². The number of imidazole rings is 1. The fraction of sp³-hybridized carbons (Fsp3) is 0.353. The zero-order chi connectivity index (χ0) is 17.4. The summed E-state index contributed by atoms with van der Waals surface area (Å²) < 4.78 is 4.50. The number of benzene rings is 1. The van der Waals surface area contributed by atoms with Gasteiger partial charge in [-0.25, -0.2) is 9.78 Å². The quantitative estimate of drug-likeness (QED) is 0.678. The van der Waals surface area contributed by atoms with E-state index < -0.39 is 0 Å². The summed E-state index contributed by atoms with van der Waals surface area (Å²) in [6.45, 7) is 4.65. The van der Waals surface area contributed by atoms with Crippen LogP contribution in [0.1, 0.15) is 18.1 Å². The molecule has 3 aromatic rings. The van der Waals surface area contributed by atoms with Gasteiger partial charge >= 0.3 is 5.69 Å². The lowest BCUT2D eigenvalue weighted by atomic mass is 10.1. The van der Waals surface area contributed by atoms with E-state index in [0.717, 1.165) is 26.6 Å². The van der Waals surface area contributed by atoms with E-state index in [-0.39, 0.29) is 11.2 Å². The van der Waals surface area contributed by atoms with Gasteiger partial charge in [0.15, 0.2) is 16.3 Å². The van der Waals surface area contributed by atoms with E-state index in [4.69, 9.17) is 0 Å². The number of hydrogen-bond donors (Lipinski definition) is 0. The number of nitrogens with zero attached hydrogens (tertiary/aromatic N) is 4. The highest BCUT2D eigenvalue weighted by molar-refractivity contribution is 7.99. The lowest BCUT2D eigenvalue weighted by molar-refractivity contribution is 0.696. The molecule has 1 aromatic carbocycles. The van der Waals surface area contributed by atoms with Crippen molar-refractivity contribution in [3.8, 4) is 0 Å². The van der Waals surface area contributed by atoms with Crippen molar-refractivity contribution >= 4 is 22.9 Å². The predicted octanol–water partition coefficient (Wildman–Crippen LogP) is 1.90.